The van der Waals surface area contributed by atoms with Crippen LogP contribution in [0.1, 0.15) is 46.0 Å². The first-order valence-electron chi connectivity index (χ1n) is 6.11. The summed E-state index contributed by atoms with van der Waals surface area (Å²) in [5, 5.41) is 3.55. The molecule has 1 aliphatic rings. The zero-order chi connectivity index (χ0) is 10.3. The van der Waals surface area contributed by atoms with Crippen LogP contribution in [0, 0.1) is 5.41 Å². The van der Waals surface area contributed by atoms with Gasteiger partial charge < -0.3 is 5.32 Å². The summed E-state index contributed by atoms with van der Waals surface area (Å²) in [4.78, 5) is 0. The lowest BCUT2D eigenvalue weighted by molar-refractivity contribution is 0.274. The molecule has 0 spiro atoms. The predicted octanol–water partition coefficient (Wildman–Crippen LogP) is 3.30. The smallest absolute Gasteiger partial charge is 0.000799 e. The van der Waals surface area contributed by atoms with Gasteiger partial charge in [0.2, 0.25) is 0 Å². The minimum atomic E-state index is 0.665. The summed E-state index contributed by atoms with van der Waals surface area (Å²) >= 11 is 2.10. The molecule has 2 heteroatoms. The standard InChI is InChI=1S/C12H25NS/c1-3-13-11-12(7-5-6-8-12)9-10-14-4-2/h13H,3-11H2,1-2H3. The second kappa shape index (κ2) is 6.73. The third-order valence-electron chi connectivity index (χ3n) is 3.40. The van der Waals surface area contributed by atoms with Crippen molar-refractivity contribution in [2.45, 2.75) is 46.0 Å². The molecule has 0 radical (unpaired) electrons. The zero-order valence-corrected chi connectivity index (χ0v) is 10.6. The maximum Gasteiger partial charge on any atom is 0.000799 e. The highest BCUT2D eigenvalue weighted by Gasteiger charge is 2.32. The molecule has 84 valence electrons. The van der Waals surface area contributed by atoms with Crippen molar-refractivity contribution in [1.29, 1.82) is 0 Å². The summed E-state index contributed by atoms with van der Waals surface area (Å²) < 4.78 is 0. The summed E-state index contributed by atoms with van der Waals surface area (Å²) in [5.74, 6) is 2.64. The molecule has 0 heterocycles. The molecule has 0 aromatic heterocycles. The van der Waals surface area contributed by atoms with Gasteiger partial charge in [0, 0.05) is 6.54 Å². The Bertz CT molecular complexity index is 141. The minimum absolute atomic E-state index is 0.665. The average Bonchev–Trinajstić information content (AvgIpc) is 2.65. The van der Waals surface area contributed by atoms with Gasteiger partial charge in [-0.15, -0.1) is 0 Å². The molecular formula is C12H25NS. The molecule has 0 amide bonds. The fourth-order valence-electron chi connectivity index (χ4n) is 2.46. The lowest BCUT2D eigenvalue weighted by Crippen LogP contribution is -2.32. The summed E-state index contributed by atoms with van der Waals surface area (Å²) in [5.41, 5.74) is 0.665. The van der Waals surface area contributed by atoms with Crippen LogP contribution in [0.25, 0.3) is 0 Å². The van der Waals surface area contributed by atoms with E-state index in [-0.39, 0.29) is 0 Å². The molecule has 0 atom stereocenters. The number of hydrogen-bond donors (Lipinski definition) is 1. The Hall–Kier alpha value is 0.310. The largest absolute Gasteiger partial charge is 0.316 e. The van der Waals surface area contributed by atoms with Gasteiger partial charge in [0.25, 0.3) is 0 Å². The lowest BCUT2D eigenvalue weighted by atomic mass is 9.83. The number of nitrogens with one attached hydrogen (secondary N) is 1. The first-order valence-corrected chi connectivity index (χ1v) is 7.27. The van der Waals surface area contributed by atoms with Crippen LogP contribution < -0.4 is 5.32 Å². The molecule has 1 rings (SSSR count). The maximum absolute atomic E-state index is 3.55. The molecule has 1 saturated carbocycles. The van der Waals surface area contributed by atoms with Crippen LogP contribution in [0.2, 0.25) is 0 Å². The summed E-state index contributed by atoms with van der Waals surface area (Å²) in [7, 11) is 0. The molecule has 1 N–H and O–H groups in total. The maximum atomic E-state index is 3.55. The second-order valence-electron chi connectivity index (χ2n) is 4.43. The highest BCUT2D eigenvalue weighted by atomic mass is 32.2. The van der Waals surface area contributed by atoms with Gasteiger partial charge in [0.1, 0.15) is 0 Å². The van der Waals surface area contributed by atoms with E-state index in [9.17, 15) is 0 Å². The summed E-state index contributed by atoms with van der Waals surface area (Å²) in [6, 6.07) is 0. The fourth-order valence-corrected chi connectivity index (χ4v) is 3.33. The minimum Gasteiger partial charge on any atom is -0.316 e. The third-order valence-corrected chi connectivity index (χ3v) is 4.30. The van der Waals surface area contributed by atoms with Gasteiger partial charge in [-0.25, -0.2) is 0 Å². The Labute approximate surface area is 93.4 Å². The molecule has 1 aliphatic carbocycles. The molecule has 0 unspecified atom stereocenters. The SMILES string of the molecule is CCNCC1(CCSCC)CCCC1. The van der Waals surface area contributed by atoms with E-state index in [1.54, 1.807) is 0 Å². The Morgan fingerprint density at radius 1 is 1.21 bits per heavy atom. The second-order valence-corrected chi connectivity index (χ2v) is 5.83. The Morgan fingerprint density at radius 2 is 1.93 bits per heavy atom. The van der Waals surface area contributed by atoms with Crippen molar-refractivity contribution in [3.05, 3.63) is 0 Å². The quantitative estimate of drug-likeness (QED) is 0.654. The third kappa shape index (κ3) is 3.82. The zero-order valence-electron chi connectivity index (χ0n) is 9.77. The number of hydrogen-bond acceptors (Lipinski definition) is 2. The molecular weight excluding hydrogens is 190 g/mol. The van der Waals surface area contributed by atoms with Crippen LogP contribution in [0.5, 0.6) is 0 Å². The van der Waals surface area contributed by atoms with Crippen LogP contribution in [0.4, 0.5) is 0 Å². The predicted molar refractivity (Wildman–Crippen MR) is 67.1 cm³/mol. The molecule has 0 bridgehead atoms. The van der Waals surface area contributed by atoms with E-state index in [2.05, 4.69) is 30.9 Å². The van der Waals surface area contributed by atoms with Crippen molar-refractivity contribution in [3.8, 4) is 0 Å². The Balaban J connectivity index is 2.28. The van der Waals surface area contributed by atoms with Gasteiger partial charge in [-0.1, -0.05) is 26.7 Å². The molecule has 14 heavy (non-hydrogen) atoms. The monoisotopic (exact) mass is 215 g/mol. The molecule has 0 saturated heterocycles. The van der Waals surface area contributed by atoms with E-state index in [4.69, 9.17) is 0 Å². The Morgan fingerprint density at radius 3 is 2.50 bits per heavy atom. The van der Waals surface area contributed by atoms with E-state index in [0.29, 0.717) is 5.41 Å². The van der Waals surface area contributed by atoms with Gasteiger partial charge >= 0.3 is 0 Å². The van der Waals surface area contributed by atoms with Crippen molar-refractivity contribution in [2.75, 3.05) is 24.6 Å². The fraction of sp³-hybridized carbons (Fsp3) is 1.00. The van der Waals surface area contributed by atoms with Gasteiger partial charge in [-0.2, -0.15) is 11.8 Å². The summed E-state index contributed by atoms with van der Waals surface area (Å²) in [6.45, 7) is 6.86. The summed E-state index contributed by atoms with van der Waals surface area (Å²) in [6.07, 6.45) is 7.28. The van der Waals surface area contributed by atoms with Gasteiger partial charge in [0.05, 0.1) is 0 Å². The highest BCUT2D eigenvalue weighted by Crippen LogP contribution is 2.41. The topological polar surface area (TPSA) is 12.0 Å². The van der Waals surface area contributed by atoms with Crippen molar-refractivity contribution in [3.63, 3.8) is 0 Å². The Kier molecular flexibility index (Phi) is 5.95. The van der Waals surface area contributed by atoms with Crippen molar-refractivity contribution < 1.29 is 0 Å². The first kappa shape index (κ1) is 12.4. The van der Waals surface area contributed by atoms with Crippen LogP contribution in [-0.4, -0.2) is 24.6 Å². The number of rotatable bonds is 7. The van der Waals surface area contributed by atoms with E-state index < -0.39 is 0 Å². The normalized spacial score (nSPS) is 20.1. The molecule has 0 aliphatic heterocycles. The molecule has 1 fully saturated rings. The lowest BCUT2D eigenvalue weighted by Gasteiger charge is -2.29. The van der Waals surface area contributed by atoms with Crippen LogP contribution in [-0.2, 0) is 0 Å². The van der Waals surface area contributed by atoms with Crippen molar-refractivity contribution in [2.24, 2.45) is 5.41 Å². The highest BCUT2D eigenvalue weighted by molar-refractivity contribution is 7.99. The van der Waals surface area contributed by atoms with E-state index in [0.717, 1.165) is 6.54 Å². The van der Waals surface area contributed by atoms with Gasteiger partial charge in [0.15, 0.2) is 0 Å². The average molecular weight is 215 g/mol. The van der Waals surface area contributed by atoms with Crippen molar-refractivity contribution in [1.82, 2.24) is 5.32 Å². The number of thioether (sulfide) groups is 1. The van der Waals surface area contributed by atoms with Crippen molar-refractivity contribution >= 4 is 11.8 Å². The molecule has 1 nitrogen and oxygen atoms in total. The van der Waals surface area contributed by atoms with Crippen LogP contribution in [0.15, 0.2) is 0 Å². The van der Waals surface area contributed by atoms with E-state index >= 15 is 0 Å². The molecule has 0 aromatic carbocycles. The van der Waals surface area contributed by atoms with E-state index in [1.807, 2.05) is 0 Å². The van der Waals surface area contributed by atoms with E-state index in [1.165, 1.54) is 50.2 Å². The van der Waals surface area contributed by atoms with Crippen LogP contribution in [0.3, 0.4) is 0 Å². The van der Waals surface area contributed by atoms with Crippen LogP contribution >= 0.6 is 11.8 Å². The first-order chi connectivity index (χ1) is 6.83. The molecule has 0 aromatic rings. The van der Waals surface area contributed by atoms with Gasteiger partial charge in [-0.05, 0) is 42.7 Å². The van der Waals surface area contributed by atoms with Gasteiger partial charge in [-0.3, -0.25) is 0 Å².